The minimum absolute atomic E-state index is 0.143. The molecule has 0 fully saturated rings. The smallest absolute Gasteiger partial charge is 0.340 e. The molecule has 0 N–H and O–H groups in total. The Hall–Kier alpha value is -4.00. The minimum Gasteiger partial charge on any atom is -0.465 e. The van der Waals surface area contributed by atoms with E-state index in [9.17, 15) is 9.59 Å². The van der Waals surface area contributed by atoms with Gasteiger partial charge in [-0.3, -0.25) is 0 Å². The van der Waals surface area contributed by atoms with Crippen molar-refractivity contribution in [1.82, 2.24) is 14.8 Å². The number of nitrogens with zero attached hydrogens (tertiary/aromatic N) is 3. The molecule has 0 unspecified atom stereocenters. The van der Waals surface area contributed by atoms with Crippen LogP contribution in [0.2, 0.25) is 0 Å². The second kappa shape index (κ2) is 8.16. The number of fused-ring (bicyclic) bond motifs is 1. The number of methoxy groups -OCH3 is 1. The van der Waals surface area contributed by atoms with Crippen LogP contribution in [0.3, 0.4) is 0 Å². The van der Waals surface area contributed by atoms with Crippen molar-refractivity contribution in [3.8, 4) is 5.69 Å². The number of hydrogen-bond donors (Lipinski definition) is 0. The molecule has 0 aliphatic rings. The third-order valence-electron chi connectivity index (χ3n) is 4.83. The third-order valence-corrected chi connectivity index (χ3v) is 4.83. The Morgan fingerprint density at radius 2 is 1.77 bits per heavy atom. The monoisotopic (exact) mass is 401 g/mol. The number of esters is 2. The molecule has 0 aliphatic heterocycles. The molecule has 0 aliphatic carbocycles. The fourth-order valence-electron chi connectivity index (χ4n) is 3.31. The van der Waals surface area contributed by atoms with Crippen molar-refractivity contribution in [2.24, 2.45) is 0 Å². The van der Waals surface area contributed by atoms with Gasteiger partial charge in [-0.05, 0) is 48.9 Å². The number of carbonyl (C=O) groups excluding carboxylic acids is 2. The zero-order valence-electron chi connectivity index (χ0n) is 16.5. The van der Waals surface area contributed by atoms with Crippen LogP contribution < -0.4 is 0 Å². The normalized spacial score (nSPS) is 10.7. The third kappa shape index (κ3) is 3.65. The maximum absolute atomic E-state index is 12.5. The van der Waals surface area contributed by atoms with Crippen LogP contribution in [-0.2, 0) is 16.1 Å². The Morgan fingerprint density at radius 1 is 1.00 bits per heavy atom. The van der Waals surface area contributed by atoms with Gasteiger partial charge >= 0.3 is 11.9 Å². The predicted octanol–water partition coefficient (Wildman–Crippen LogP) is 3.87. The Bertz CT molecular complexity index is 1220. The molecule has 2 aromatic heterocycles. The lowest BCUT2D eigenvalue weighted by Gasteiger charge is -2.13. The van der Waals surface area contributed by atoms with Crippen molar-refractivity contribution in [1.29, 1.82) is 0 Å². The van der Waals surface area contributed by atoms with Crippen LogP contribution in [0, 0.1) is 6.92 Å². The van der Waals surface area contributed by atoms with Gasteiger partial charge in [-0.15, -0.1) is 0 Å². The average molecular weight is 401 g/mol. The Balaban J connectivity index is 1.58. The van der Waals surface area contributed by atoms with Gasteiger partial charge in [0.1, 0.15) is 6.61 Å². The molecule has 30 heavy (non-hydrogen) atoms. The van der Waals surface area contributed by atoms with E-state index in [0.29, 0.717) is 16.8 Å². The van der Waals surface area contributed by atoms with E-state index in [1.807, 2.05) is 43.5 Å². The first-order chi connectivity index (χ1) is 14.6. The molecule has 7 nitrogen and oxygen atoms in total. The molecule has 0 spiro atoms. The van der Waals surface area contributed by atoms with E-state index in [0.717, 1.165) is 22.2 Å². The fraction of sp³-hybridized carbons (Fsp3) is 0.130. The quantitative estimate of drug-likeness (QED) is 0.472. The van der Waals surface area contributed by atoms with Crippen molar-refractivity contribution in [3.05, 3.63) is 89.4 Å². The topological polar surface area (TPSA) is 83.3 Å². The van der Waals surface area contributed by atoms with E-state index in [1.165, 1.54) is 7.11 Å². The second-order valence-electron chi connectivity index (χ2n) is 6.64. The Morgan fingerprint density at radius 3 is 2.47 bits per heavy atom. The van der Waals surface area contributed by atoms with Gasteiger partial charge in [0.25, 0.3) is 0 Å². The van der Waals surface area contributed by atoms with Crippen molar-refractivity contribution in [2.45, 2.75) is 13.5 Å². The highest BCUT2D eigenvalue weighted by molar-refractivity contribution is 5.98. The van der Waals surface area contributed by atoms with Gasteiger partial charge in [-0.25, -0.2) is 19.3 Å². The second-order valence-corrected chi connectivity index (χ2v) is 6.64. The predicted molar refractivity (Wildman–Crippen MR) is 111 cm³/mol. The lowest BCUT2D eigenvalue weighted by Crippen LogP contribution is -2.14. The summed E-state index contributed by atoms with van der Waals surface area (Å²) in [5.41, 5.74) is 3.36. The van der Waals surface area contributed by atoms with E-state index in [1.54, 1.807) is 35.1 Å². The van der Waals surface area contributed by atoms with Gasteiger partial charge in [-0.1, -0.05) is 18.2 Å². The van der Waals surface area contributed by atoms with Crippen LogP contribution in [0.1, 0.15) is 32.0 Å². The number of para-hydroxylation sites is 1. The minimum atomic E-state index is -0.514. The lowest BCUT2D eigenvalue weighted by molar-refractivity contribution is 0.0455. The zero-order chi connectivity index (χ0) is 21.1. The lowest BCUT2D eigenvalue weighted by atomic mass is 10.0. The summed E-state index contributed by atoms with van der Waals surface area (Å²) >= 11 is 0. The summed E-state index contributed by atoms with van der Waals surface area (Å²) in [4.78, 5) is 29.4. The van der Waals surface area contributed by atoms with Gasteiger partial charge in [0, 0.05) is 17.8 Å². The number of aryl methyl sites for hydroxylation is 1. The molecule has 7 heteroatoms. The van der Waals surface area contributed by atoms with Crippen molar-refractivity contribution >= 4 is 22.8 Å². The Kier molecular flexibility index (Phi) is 5.26. The van der Waals surface area contributed by atoms with E-state index in [4.69, 9.17) is 9.47 Å². The van der Waals surface area contributed by atoms with Crippen LogP contribution in [0.4, 0.5) is 0 Å². The number of pyridine rings is 1. The summed E-state index contributed by atoms with van der Waals surface area (Å²) < 4.78 is 12.1. The maximum atomic E-state index is 12.5. The van der Waals surface area contributed by atoms with Crippen molar-refractivity contribution < 1.29 is 19.1 Å². The summed E-state index contributed by atoms with van der Waals surface area (Å²) in [5.74, 6) is -1.02. The van der Waals surface area contributed by atoms with Crippen LogP contribution in [0.25, 0.3) is 16.6 Å². The largest absolute Gasteiger partial charge is 0.465 e. The molecule has 0 atom stereocenters. The van der Waals surface area contributed by atoms with E-state index in [-0.39, 0.29) is 6.61 Å². The van der Waals surface area contributed by atoms with Crippen molar-refractivity contribution in [3.63, 3.8) is 0 Å². The summed E-state index contributed by atoms with van der Waals surface area (Å²) in [7, 11) is 1.31. The average Bonchev–Trinajstić information content (AvgIpc) is 3.32. The fourth-order valence-corrected chi connectivity index (χ4v) is 3.31. The van der Waals surface area contributed by atoms with E-state index < -0.39 is 11.9 Å². The molecule has 150 valence electrons. The van der Waals surface area contributed by atoms with Gasteiger partial charge in [0.2, 0.25) is 0 Å². The van der Waals surface area contributed by atoms with Gasteiger partial charge in [0.15, 0.2) is 0 Å². The molecule has 0 saturated carbocycles. The molecule has 0 saturated heterocycles. The molecule has 0 radical (unpaired) electrons. The molecule has 2 aromatic carbocycles. The number of rotatable bonds is 5. The first kappa shape index (κ1) is 19.3. The number of ether oxygens (including phenoxy) is 2. The number of carbonyl (C=O) groups is 2. The SMILES string of the molecule is COC(=O)c1c(COC(=O)c2ccc(-n3cccn3)cc2)nc2ccccc2c1C. The number of aromatic nitrogens is 3. The molecular formula is C23H19N3O4. The number of hydrogen-bond acceptors (Lipinski definition) is 6. The first-order valence-corrected chi connectivity index (χ1v) is 9.32. The van der Waals surface area contributed by atoms with Crippen molar-refractivity contribution in [2.75, 3.05) is 7.11 Å². The summed E-state index contributed by atoms with van der Waals surface area (Å²) in [5, 5.41) is 5.00. The summed E-state index contributed by atoms with van der Waals surface area (Å²) in [6, 6.07) is 16.2. The standard InChI is InChI=1S/C23H19N3O4/c1-15-18-6-3-4-7-19(18)25-20(21(15)23(28)29-2)14-30-22(27)16-8-10-17(11-9-16)26-13-5-12-24-26/h3-13H,14H2,1-2H3. The first-order valence-electron chi connectivity index (χ1n) is 9.32. The molecular weight excluding hydrogens is 382 g/mol. The highest BCUT2D eigenvalue weighted by Crippen LogP contribution is 2.24. The molecule has 0 bridgehead atoms. The summed E-state index contributed by atoms with van der Waals surface area (Å²) in [6.45, 7) is 1.69. The Labute approximate surface area is 172 Å². The number of benzene rings is 2. The zero-order valence-corrected chi connectivity index (χ0v) is 16.5. The highest BCUT2D eigenvalue weighted by Gasteiger charge is 2.20. The van der Waals surface area contributed by atoms with Crippen LogP contribution in [-0.4, -0.2) is 33.8 Å². The highest BCUT2D eigenvalue weighted by atomic mass is 16.5. The molecule has 0 amide bonds. The molecule has 2 heterocycles. The van der Waals surface area contributed by atoms with Gasteiger partial charge in [-0.2, -0.15) is 5.10 Å². The van der Waals surface area contributed by atoms with Gasteiger partial charge in [0.05, 0.1) is 35.1 Å². The van der Waals surface area contributed by atoms with Crippen LogP contribution >= 0.6 is 0 Å². The maximum Gasteiger partial charge on any atom is 0.340 e. The van der Waals surface area contributed by atoms with E-state index in [2.05, 4.69) is 10.1 Å². The van der Waals surface area contributed by atoms with Crippen LogP contribution in [0.5, 0.6) is 0 Å². The summed E-state index contributed by atoms with van der Waals surface area (Å²) in [6.07, 6.45) is 3.50. The van der Waals surface area contributed by atoms with Crippen LogP contribution in [0.15, 0.2) is 67.0 Å². The molecule has 4 rings (SSSR count). The molecule has 4 aromatic rings. The van der Waals surface area contributed by atoms with Gasteiger partial charge < -0.3 is 9.47 Å². The van der Waals surface area contributed by atoms with E-state index >= 15 is 0 Å².